The molecular weight excluding hydrogens is 465 g/mol. The van der Waals surface area contributed by atoms with Crippen LogP contribution in [0.25, 0.3) is 0 Å². The van der Waals surface area contributed by atoms with Crippen LogP contribution in [-0.2, 0) is 16.6 Å². The summed E-state index contributed by atoms with van der Waals surface area (Å²) in [6, 6.07) is 14.6. The first-order chi connectivity index (χ1) is 15.8. The molecule has 0 saturated heterocycles. The lowest BCUT2D eigenvalue weighted by molar-refractivity contribution is -0.275. The quantitative estimate of drug-likeness (QED) is 0.387. The summed E-state index contributed by atoms with van der Waals surface area (Å²) in [5.41, 5.74) is -1.61. The van der Waals surface area contributed by atoms with Gasteiger partial charge in [-0.05, 0) is 47.4 Å². The number of halogens is 6. The third-order valence-corrected chi connectivity index (χ3v) is 4.93. The second-order valence-corrected chi connectivity index (χ2v) is 7.28. The molecule has 0 saturated carbocycles. The molecule has 1 N–H and O–H groups in total. The zero-order valence-corrected chi connectivity index (χ0v) is 17.2. The average molecular weight is 480 g/mol. The minimum Gasteiger partial charge on any atom is -0.480 e. The normalized spacial score (nSPS) is 12.3. The largest absolute Gasteiger partial charge is 0.573 e. The van der Waals surface area contributed by atoms with Crippen molar-refractivity contribution in [3.05, 3.63) is 89.5 Å². The lowest BCUT2D eigenvalue weighted by Crippen LogP contribution is -2.39. The van der Waals surface area contributed by atoms with Crippen molar-refractivity contribution in [1.29, 1.82) is 0 Å². The van der Waals surface area contributed by atoms with Crippen LogP contribution < -0.4 is 14.9 Å². The van der Waals surface area contributed by atoms with E-state index in [9.17, 15) is 36.2 Å². The van der Waals surface area contributed by atoms with Crippen LogP contribution in [0.5, 0.6) is 11.5 Å². The molecule has 3 aromatic carbocycles. The summed E-state index contributed by atoms with van der Waals surface area (Å²) in [5.74, 6) is -2.89. The lowest BCUT2D eigenvalue weighted by Gasteiger charge is -2.32. The summed E-state index contributed by atoms with van der Waals surface area (Å²) in [7, 11) is 5.67. The molecule has 11 heteroatoms. The SMILES string of the molecule is [B]c1ccc(CC(C(=O)O)(c2cccc(OC(F)(F)F)c2)c2cccc(OC(F)(F)F)c2)cc1. The van der Waals surface area contributed by atoms with E-state index < -0.39 is 35.6 Å². The molecule has 2 radical (unpaired) electrons. The number of hydrogen-bond acceptors (Lipinski definition) is 3. The Bertz CT molecular complexity index is 1100. The maximum atomic E-state index is 12.8. The molecule has 3 aromatic rings. The van der Waals surface area contributed by atoms with E-state index in [0.29, 0.717) is 11.0 Å². The maximum absolute atomic E-state index is 12.8. The Labute approximate surface area is 191 Å². The van der Waals surface area contributed by atoms with E-state index in [1.54, 1.807) is 0 Å². The fourth-order valence-corrected chi connectivity index (χ4v) is 3.55. The van der Waals surface area contributed by atoms with Gasteiger partial charge in [0.05, 0.1) is 0 Å². The highest BCUT2D eigenvalue weighted by Gasteiger charge is 2.44. The molecule has 4 nitrogen and oxygen atoms in total. The van der Waals surface area contributed by atoms with Gasteiger partial charge in [-0.15, -0.1) is 26.3 Å². The molecule has 0 aliphatic heterocycles. The molecule has 0 aliphatic carbocycles. The van der Waals surface area contributed by atoms with Crippen LogP contribution in [0.2, 0.25) is 0 Å². The highest BCUT2D eigenvalue weighted by Crippen LogP contribution is 2.40. The molecule has 0 aliphatic rings. The summed E-state index contributed by atoms with van der Waals surface area (Å²) >= 11 is 0. The highest BCUT2D eigenvalue weighted by molar-refractivity contribution is 6.32. The van der Waals surface area contributed by atoms with Crippen molar-refractivity contribution < 1.29 is 45.7 Å². The van der Waals surface area contributed by atoms with Gasteiger partial charge >= 0.3 is 18.7 Å². The second kappa shape index (κ2) is 9.32. The van der Waals surface area contributed by atoms with Gasteiger partial charge in [0.15, 0.2) is 0 Å². The van der Waals surface area contributed by atoms with Crippen molar-refractivity contribution in [2.75, 3.05) is 0 Å². The van der Waals surface area contributed by atoms with Crippen LogP contribution >= 0.6 is 0 Å². The molecule has 34 heavy (non-hydrogen) atoms. The van der Waals surface area contributed by atoms with Crippen LogP contribution in [0, 0.1) is 0 Å². The number of hydrogen-bond donors (Lipinski definition) is 1. The molecule has 0 aromatic heterocycles. The Hall–Kier alpha value is -3.63. The van der Waals surface area contributed by atoms with E-state index in [1.165, 1.54) is 36.4 Å². The van der Waals surface area contributed by atoms with Crippen LogP contribution in [0.3, 0.4) is 0 Å². The smallest absolute Gasteiger partial charge is 0.480 e. The number of aliphatic carboxylic acids is 1. The van der Waals surface area contributed by atoms with Crippen molar-refractivity contribution in [3.8, 4) is 11.5 Å². The number of carboxylic acid groups (broad SMARTS) is 1. The topological polar surface area (TPSA) is 55.8 Å². The summed E-state index contributed by atoms with van der Waals surface area (Å²) in [6.07, 6.45) is -10.4. The van der Waals surface area contributed by atoms with Gasteiger partial charge in [0, 0.05) is 0 Å². The van der Waals surface area contributed by atoms with Crippen LogP contribution in [-0.4, -0.2) is 31.6 Å². The molecule has 0 fully saturated rings. The van der Waals surface area contributed by atoms with E-state index in [0.717, 1.165) is 36.4 Å². The van der Waals surface area contributed by atoms with Gasteiger partial charge in [0.2, 0.25) is 0 Å². The predicted octanol–water partition coefficient (Wildman–Crippen LogP) is 4.89. The average Bonchev–Trinajstić information content (AvgIpc) is 2.71. The summed E-state index contributed by atoms with van der Waals surface area (Å²) < 4.78 is 84.5. The number of rotatable bonds is 7. The number of alkyl halides is 6. The highest BCUT2D eigenvalue weighted by atomic mass is 19.4. The van der Waals surface area contributed by atoms with Crippen LogP contribution in [0.1, 0.15) is 16.7 Å². The van der Waals surface area contributed by atoms with Gasteiger partial charge in [-0.25, -0.2) is 0 Å². The number of ether oxygens (including phenoxy) is 2. The molecule has 0 unspecified atom stereocenters. The van der Waals surface area contributed by atoms with E-state index in [2.05, 4.69) is 9.47 Å². The van der Waals surface area contributed by atoms with Gasteiger partial charge in [-0.1, -0.05) is 54.0 Å². The molecule has 0 heterocycles. The summed E-state index contributed by atoms with van der Waals surface area (Å²) in [4.78, 5) is 12.7. The number of benzene rings is 3. The number of carbonyl (C=O) groups is 1. The zero-order valence-electron chi connectivity index (χ0n) is 17.2. The number of carboxylic acids is 1. The summed E-state index contributed by atoms with van der Waals surface area (Å²) in [6.45, 7) is 0. The van der Waals surface area contributed by atoms with Gasteiger partial charge in [0.1, 0.15) is 24.8 Å². The van der Waals surface area contributed by atoms with Crippen molar-refractivity contribution in [3.63, 3.8) is 0 Å². The Morgan fingerprint density at radius 1 is 0.765 bits per heavy atom. The van der Waals surface area contributed by atoms with E-state index in [1.807, 2.05) is 0 Å². The molecule has 0 amide bonds. The van der Waals surface area contributed by atoms with Gasteiger partial charge in [-0.2, -0.15) is 0 Å². The van der Waals surface area contributed by atoms with Gasteiger partial charge in [0.25, 0.3) is 0 Å². The Balaban J connectivity index is 2.22. The van der Waals surface area contributed by atoms with Crippen LogP contribution in [0.15, 0.2) is 72.8 Å². The molecule has 176 valence electrons. The van der Waals surface area contributed by atoms with Crippen molar-refractivity contribution in [2.24, 2.45) is 0 Å². The first-order valence-corrected chi connectivity index (χ1v) is 9.59. The molecule has 0 bridgehead atoms. The molecule has 0 atom stereocenters. The predicted molar refractivity (Wildman–Crippen MR) is 110 cm³/mol. The molecule has 3 rings (SSSR count). The Kier molecular flexibility index (Phi) is 6.85. The fourth-order valence-electron chi connectivity index (χ4n) is 3.55. The van der Waals surface area contributed by atoms with Crippen molar-refractivity contribution in [2.45, 2.75) is 24.6 Å². The zero-order chi connectivity index (χ0) is 25.1. The monoisotopic (exact) mass is 480 g/mol. The molecule has 0 spiro atoms. The lowest BCUT2D eigenvalue weighted by atomic mass is 9.70. The Morgan fingerprint density at radius 3 is 1.59 bits per heavy atom. The fraction of sp³-hybridized carbons (Fsp3) is 0.174. The van der Waals surface area contributed by atoms with Crippen molar-refractivity contribution >= 4 is 19.3 Å². The third kappa shape index (κ3) is 6.03. The van der Waals surface area contributed by atoms with Gasteiger partial charge in [-0.3, -0.25) is 4.79 Å². The first kappa shape index (κ1) is 25.0. The standard InChI is InChI=1S/C23H15BF6O4/c24-17-9-7-14(8-10-17)13-21(20(31)32,15-3-1-5-18(11-15)33-22(25,26)27)16-4-2-6-19(12-16)34-23(28,29)30/h1-12H,13H2,(H,31,32). The van der Waals surface area contributed by atoms with Crippen molar-refractivity contribution in [1.82, 2.24) is 0 Å². The maximum Gasteiger partial charge on any atom is 0.573 e. The Morgan fingerprint density at radius 2 is 1.21 bits per heavy atom. The van der Waals surface area contributed by atoms with E-state index >= 15 is 0 Å². The molecular formula is C23H15BF6O4. The first-order valence-electron chi connectivity index (χ1n) is 9.59. The summed E-state index contributed by atoms with van der Waals surface area (Å²) in [5, 5.41) is 10.3. The van der Waals surface area contributed by atoms with E-state index in [-0.39, 0.29) is 17.5 Å². The third-order valence-electron chi connectivity index (χ3n) is 4.93. The minimum absolute atomic E-state index is 0.150. The minimum atomic E-state index is -5.04. The van der Waals surface area contributed by atoms with Gasteiger partial charge < -0.3 is 14.6 Å². The van der Waals surface area contributed by atoms with E-state index in [4.69, 9.17) is 7.85 Å². The van der Waals surface area contributed by atoms with Crippen LogP contribution in [0.4, 0.5) is 26.3 Å². The second-order valence-electron chi connectivity index (χ2n) is 7.28.